The first-order valence-corrected chi connectivity index (χ1v) is 11.2. The van der Waals surface area contributed by atoms with Gasteiger partial charge in [-0.2, -0.15) is 0 Å². The zero-order valence-corrected chi connectivity index (χ0v) is 19.6. The Hall–Kier alpha value is -4.00. The summed E-state index contributed by atoms with van der Waals surface area (Å²) in [5.41, 5.74) is 4.01. The van der Waals surface area contributed by atoms with Gasteiger partial charge in [0.1, 0.15) is 17.2 Å². The van der Waals surface area contributed by atoms with Crippen molar-refractivity contribution < 1.29 is 23.8 Å². The normalized spacial score (nSPS) is 12.6. The van der Waals surface area contributed by atoms with E-state index in [2.05, 4.69) is 5.32 Å². The number of aryl methyl sites for hydroxylation is 2. The monoisotopic (exact) mass is 460 g/mol. The Morgan fingerprint density at radius 2 is 1.76 bits per heavy atom. The van der Waals surface area contributed by atoms with Crippen LogP contribution in [0.25, 0.3) is 0 Å². The Kier molecular flexibility index (Phi) is 7.01. The Labute approximate surface area is 199 Å². The fraction of sp³-hybridized carbons (Fsp3) is 0.259. The van der Waals surface area contributed by atoms with Crippen molar-refractivity contribution in [1.29, 1.82) is 0 Å². The number of nitrogens with one attached hydrogen (secondary N) is 1. The standard InChI is InChI=1S/C27H28N2O5/c1-18-5-6-20(15-19(18)2)27(31)28-21-7-12-25-24(16-21)29(26(30)17-34-25)13-4-14-33-23-10-8-22(32-3)9-11-23/h5-12,15-16H,4,13-14,17H2,1-3H3,(H,28,31). The number of methoxy groups -OCH3 is 1. The Balaban J connectivity index is 1.41. The summed E-state index contributed by atoms with van der Waals surface area (Å²) in [6.07, 6.45) is 0.635. The Morgan fingerprint density at radius 1 is 1.00 bits per heavy atom. The van der Waals surface area contributed by atoms with Crippen LogP contribution in [0.15, 0.2) is 60.7 Å². The third-order valence-electron chi connectivity index (χ3n) is 5.78. The van der Waals surface area contributed by atoms with Crippen LogP contribution in [0.4, 0.5) is 11.4 Å². The minimum absolute atomic E-state index is 0.0132. The maximum atomic E-state index is 12.7. The van der Waals surface area contributed by atoms with Gasteiger partial charge in [0, 0.05) is 17.8 Å². The highest BCUT2D eigenvalue weighted by molar-refractivity contribution is 6.05. The second-order valence-electron chi connectivity index (χ2n) is 8.15. The van der Waals surface area contributed by atoms with Crippen LogP contribution in [0.5, 0.6) is 17.2 Å². The van der Waals surface area contributed by atoms with Gasteiger partial charge in [-0.25, -0.2) is 0 Å². The molecule has 0 aromatic heterocycles. The van der Waals surface area contributed by atoms with Crippen LogP contribution in [-0.4, -0.2) is 38.7 Å². The van der Waals surface area contributed by atoms with E-state index < -0.39 is 0 Å². The number of rotatable bonds is 8. The van der Waals surface area contributed by atoms with E-state index in [4.69, 9.17) is 14.2 Å². The fourth-order valence-corrected chi connectivity index (χ4v) is 3.70. The highest BCUT2D eigenvalue weighted by Gasteiger charge is 2.25. The number of fused-ring (bicyclic) bond motifs is 1. The van der Waals surface area contributed by atoms with Crippen LogP contribution in [0.2, 0.25) is 0 Å². The predicted molar refractivity (Wildman–Crippen MR) is 131 cm³/mol. The largest absolute Gasteiger partial charge is 0.497 e. The topological polar surface area (TPSA) is 77.1 Å². The molecule has 7 heteroatoms. The number of benzene rings is 3. The van der Waals surface area contributed by atoms with Crippen LogP contribution >= 0.6 is 0 Å². The summed E-state index contributed by atoms with van der Waals surface area (Å²) in [5.74, 6) is 1.79. The zero-order valence-electron chi connectivity index (χ0n) is 19.6. The minimum Gasteiger partial charge on any atom is -0.497 e. The average Bonchev–Trinajstić information content (AvgIpc) is 2.85. The van der Waals surface area contributed by atoms with Crippen LogP contribution < -0.4 is 24.4 Å². The molecule has 1 aliphatic rings. The summed E-state index contributed by atoms with van der Waals surface area (Å²) in [7, 11) is 1.62. The van der Waals surface area contributed by atoms with Crippen molar-refractivity contribution in [3.8, 4) is 17.2 Å². The first-order valence-electron chi connectivity index (χ1n) is 11.2. The number of hydrogen-bond donors (Lipinski definition) is 1. The molecule has 7 nitrogen and oxygen atoms in total. The van der Waals surface area contributed by atoms with Gasteiger partial charge in [-0.3, -0.25) is 9.59 Å². The SMILES string of the molecule is COc1ccc(OCCCN2C(=O)COc3ccc(NC(=O)c4ccc(C)c(C)c4)cc32)cc1. The summed E-state index contributed by atoms with van der Waals surface area (Å²) in [6.45, 7) is 4.90. The summed E-state index contributed by atoms with van der Waals surface area (Å²) in [4.78, 5) is 27.0. The second kappa shape index (κ2) is 10.3. The molecule has 0 atom stereocenters. The van der Waals surface area contributed by atoms with Crippen molar-refractivity contribution in [1.82, 2.24) is 0 Å². The third kappa shape index (κ3) is 5.31. The number of anilines is 2. The maximum Gasteiger partial charge on any atom is 0.265 e. The minimum atomic E-state index is -0.203. The van der Waals surface area contributed by atoms with Crippen molar-refractivity contribution in [3.05, 3.63) is 77.4 Å². The van der Waals surface area contributed by atoms with E-state index in [0.717, 1.165) is 22.6 Å². The molecule has 0 radical (unpaired) electrons. The summed E-state index contributed by atoms with van der Waals surface area (Å²) in [5, 5.41) is 2.92. The lowest BCUT2D eigenvalue weighted by atomic mass is 10.1. The van der Waals surface area contributed by atoms with Gasteiger partial charge >= 0.3 is 0 Å². The van der Waals surface area contributed by atoms with Crippen molar-refractivity contribution >= 4 is 23.2 Å². The van der Waals surface area contributed by atoms with Gasteiger partial charge in [0.05, 0.1) is 19.4 Å². The van der Waals surface area contributed by atoms with Gasteiger partial charge in [-0.15, -0.1) is 0 Å². The third-order valence-corrected chi connectivity index (χ3v) is 5.78. The Morgan fingerprint density at radius 3 is 2.50 bits per heavy atom. The summed E-state index contributed by atoms with van der Waals surface area (Å²) >= 11 is 0. The maximum absolute atomic E-state index is 12.7. The number of hydrogen-bond acceptors (Lipinski definition) is 5. The second-order valence-corrected chi connectivity index (χ2v) is 8.15. The van der Waals surface area contributed by atoms with Gasteiger partial charge in [0.15, 0.2) is 6.61 Å². The molecule has 1 heterocycles. The van der Waals surface area contributed by atoms with Crippen LogP contribution in [-0.2, 0) is 4.79 Å². The van der Waals surface area contributed by atoms with Gasteiger partial charge < -0.3 is 24.4 Å². The van der Waals surface area contributed by atoms with Crippen molar-refractivity contribution in [2.24, 2.45) is 0 Å². The smallest absolute Gasteiger partial charge is 0.265 e. The molecule has 34 heavy (non-hydrogen) atoms. The number of amides is 2. The number of carbonyl (C=O) groups is 2. The molecule has 3 aromatic carbocycles. The van der Waals surface area contributed by atoms with Crippen LogP contribution in [0.1, 0.15) is 27.9 Å². The molecule has 4 rings (SSSR count). The van der Waals surface area contributed by atoms with Gasteiger partial charge in [0.2, 0.25) is 0 Å². The fourth-order valence-electron chi connectivity index (χ4n) is 3.70. The molecule has 2 amide bonds. The van der Waals surface area contributed by atoms with Crippen molar-refractivity contribution in [2.75, 3.05) is 37.1 Å². The molecule has 0 spiro atoms. The highest BCUT2D eigenvalue weighted by atomic mass is 16.5. The first-order chi connectivity index (χ1) is 16.4. The van der Waals surface area contributed by atoms with E-state index in [1.54, 1.807) is 36.3 Å². The summed E-state index contributed by atoms with van der Waals surface area (Å²) in [6, 6.07) is 18.3. The van der Waals surface area contributed by atoms with Crippen LogP contribution in [0, 0.1) is 13.8 Å². The lowest BCUT2D eigenvalue weighted by Crippen LogP contribution is -2.39. The molecule has 176 valence electrons. The molecule has 1 aliphatic heterocycles. The first kappa shape index (κ1) is 23.2. The van der Waals surface area contributed by atoms with E-state index in [1.165, 1.54) is 0 Å². The Bertz CT molecular complexity index is 1190. The molecule has 3 aromatic rings. The van der Waals surface area contributed by atoms with E-state index in [0.29, 0.717) is 42.3 Å². The van der Waals surface area contributed by atoms with Crippen molar-refractivity contribution in [2.45, 2.75) is 20.3 Å². The quantitative estimate of drug-likeness (QED) is 0.491. The lowest BCUT2D eigenvalue weighted by molar-refractivity contribution is -0.121. The zero-order chi connectivity index (χ0) is 24.1. The van der Waals surface area contributed by atoms with E-state index in [-0.39, 0.29) is 18.4 Å². The average molecular weight is 461 g/mol. The van der Waals surface area contributed by atoms with Crippen LogP contribution in [0.3, 0.4) is 0 Å². The molecule has 0 aliphatic carbocycles. The number of ether oxygens (including phenoxy) is 3. The lowest BCUT2D eigenvalue weighted by Gasteiger charge is -2.30. The molecular weight excluding hydrogens is 432 g/mol. The van der Waals surface area contributed by atoms with Gasteiger partial charge in [-0.1, -0.05) is 6.07 Å². The highest BCUT2D eigenvalue weighted by Crippen LogP contribution is 2.35. The molecule has 1 N–H and O–H groups in total. The molecule has 0 saturated heterocycles. The molecule has 0 saturated carbocycles. The van der Waals surface area contributed by atoms with Gasteiger partial charge in [-0.05, 0) is 86.0 Å². The van der Waals surface area contributed by atoms with Crippen molar-refractivity contribution in [3.63, 3.8) is 0 Å². The summed E-state index contributed by atoms with van der Waals surface area (Å²) < 4.78 is 16.5. The molecular formula is C27H28N2O5. The molecule has 0 bridgehead atoms. The van der Waals surface area contributed by atoms with E-state index >= 15 is 0 Å². The van der Waals surface area contributed by atoms with E-state index in [9.17, 15) is 9.59 Å². The molecule has 0 fully saturated rings. The molecule has 0 unspecified atom stereocenters. The van der Waals surface area contributed by atoms with E-state index in [1.807, 2.05) is 50.2 Å². The van der Waals surface area contributed by atoms with Gasteiger partial charge in [0.25, 0.3) is 11.8 Å². The number of nitrogens with zero attached hydrogens (tertiary/aromatic N) is 1. The number of carbonyl (C=O) groups excluding carboxylic acids is 2. The predicted octanol–water partition coefficient (Wildman–Crippen LogP) is 4.76.